The van der Waals surface area contributed by atoms with Gasteiger partial charge >= 0.3 is 12.5 Å². The van der Waals surface area contributed by atoms with Gasteiger partial charge in [0, 0.05) is 18.8 Å². The number of nitrogens with zero attached hydrogens (tertiary/aromatic N) is 3. The highest BCUT2D eigenvalue weighted by Gasteiger charge is 2.43. The summed E-state index contributed by atoms with van der Waals surface area (Å²) < 4.78 is 72.9. The quantitative estimate of drug-likeness (QED) is 0.633. The maximum atomic E-state index is 12.9. The average Bonchev–Trinajstić information content (AvgIpc) is 3.02. The molecule has 13 heteroatoms. The average molecular weight is 396 g/mol. The van der Waals surface area contributed by atoms with Crippen molar-refractivity contribution >= 4 is 23.4 Å². The fourth-order valence-electron chi connectivity index (χ4n) is 2.04. The monoisotopic (exact) mass is 396 g/mol. The fourth-order valence-corrected chi connectivity index (χ4v) is 2.75. The molecule has 140 valence electrons. The van der Waals surface area contributed by atoms with E-state index in [1.54, 1.807) is 0 Å². The lowest BCUT2D eigenvalue weighted by Gasteiger charge is -2.07. The molecular formula is C13H9F5N4O3S. The van der Waals surface area contributed by atoms with Crippen LogP contribution in [0.2, 0.25) is 0 Å². The van der Waals surface area contributed by atoms with Crippen molar-refractivity contribution in [3.8, 4) is 11.5 Å². The molecule has 26 heavy (non-hydrogen) atoms. The number of carbonyl (C=O) groups is 1. The van der Waals surface area contributed by atoms with Crippen LogP contribution in [0, 0.1) is 0 Å². The van der Waals surface area contributed by atoms with Crippen LogP contribution in [0.3, 0.4) is 0 Å². The molecule has 7 nitrogen and oxygen atoms in total. The number of rotatable bonds is 4. The molecule has 2 aromatic rings. The molecule has 1 N–H and O–H groups in total. The van der Waals surface area contributed by atoms with Crippen LogP contribution in [-0.2, 0) is 18.0 Å². The van der Waals surface area contributed by atoms with E-state index in [0.29, 0.717) is 0 Å². The summed E-state index contributed by atoms with van der Waals surface area (Å²) in [7, 11) is 1.13. The molecule has 0 unspecified atom stereocenters. The number of aromatic nitrogens is 3. The zero-order chi connectivity index (χ0) is 19.1. The van der Waals surface area contributed by atoms with Crippen molar-refractivity contribution in [3.63, 3.8) is 0 Å². The molecule has 0 bridgehead atoms. The first-order valence-electron chi connectivity index (χ1n) is 6.84. The minimum atomic E-state index is -4.66. The number of ether oxygens (including phenoxy) is 2. The van der Waals surface area contributed by atoms with Crippen LogP contribution < -0.4 is 14.8 Å². The number of hydrogen-bond donors (Lipinski definition) is 1. The number of nitrogens with one attached hydrogen (secondary N) is 1. The van der Waals surface area contributed by atoms with Crippen LogP contribution in [0.4, 0.5) is 27.6 Å². The molecule has 0 fully saturated rings. The van der Waals surface area contributed by atoms with E-state index in [0.717, 1.165) is 29.4 Å². The van der Waals surface area contributed by atoms with Crippen molar-refractivity contribution in [3.05, 3.63) is 24.0 Å². The molecule has 1 amide bonds. The number of thioether (sulfide) groups is 1. The molecule has 1 aromatic heterocycles. The fraction of sp³-hybridized carbons (Fsp3) is 0.308. The number of alkyl halides is 5. The molecule has 3 rings (SSSR count). The van der Waals surface area contributed by atoms with Crippen LogP contribution in [-0.4, -0.2) is 32.7 Å². The number of anilines is 1. The highest BCUT2D eigenvalue weighted by atomic mass is 32.2. The molecule has 1 aliphatic heterocycles. The smallest absolute Gasteiger partial charge is 0.395 e. The largest absolute Gasteiger partial charge is 0.586 e. The minimum Gasteiger partial charge on any atom is -0.395 e. The Kier molecular flexibility index (Phi) is 4.42. The summed E-state index contributed by atoms with van der Waals surface area (Å²) in [6, 6.07) is 3.65. The summed E-state index contributed by atoms with van der Waals surface area (Å²) in [5.74, 6) is -2.46. The Morgan fingerprint density at radius 3 is 2.62 bits per heavy atom. The van der Waals surface area contributed by atoms with Crippen molar-refractivity contribution in [2.45, 2.75) is 17.6 Å². The van der Waals surface area contributed by atoms with E-state index >= 15 is 0 Å². The zero-order valence-corrected chi connectivity index (χ0v) is 13.6. The highest BCUT2D eigenvalue weighted by molar-refractivity contribution is 7.99. The topological polar surface area (TPSA) is 78.3 Å². The summed E-state index contributed by atoms with van der Waals surface area (Å²) in [6.07, 6.45) is -8.43. The number of carbonyl (C=O) groups excluding carboxylic acids is 1. The molecule has 0 spiro atoms. The third kappa shape index (κ3) is 3.81. The molecule has 2 heterocycles. The molecule has 1 aliphatic rings. The third-order valence-corrected chi connectivity index (χ3v) is 4.13. The lowest BCUT2D eigenvalue weighted by atomic mass is 10.3. The van der Waals surface area contributed by atoms with Crippen molar-refractivity contribution < 1.29 is 36.2 Å². The molecule has 0 atom stereocenters. The van der Waals surface area contributed by atoms with E-state index in [4.69, 9.17) is 0 Å². The van der Waals surface area contributed by atoms with Gasteiger partial charge in [0.1, 0.15) is 0 Å². The van der Waals surface area contributed by atoms with E-state index < -0.39 is 24.2 Å². The van der Waals surface area contributed by atoms with E-state index in [-0.39, 0.29) is 28.1 Å². The Labute approximate surface area is 146 Å². The number of benzene rings is 1. The number of halogens is 5. The normalized spacial score (nSPS) is 15.2. The van der Waals surface area contributed by atoms with Crippen LogP contribution in [0.5, 0.6) is 11.5 Å². The standard InChI is InChI=1S/C13H9F5N4O3S/c1-22-10(12(14,15)16)20-21-11(22)26-5-9(23)19-6-2-3-7-8(4-6)25-13(17,18)24-7/h2-4H,5H2,1H3,(H,19,23). The van der Waals surface area contributed by atoms with Crippen molar-refractivity contribution in [1.29, 1.82) is 0 Å². The summed E-state index contributed by atoms with van der Waals surface area (Å²) in [5.41, 5.74) is 0.157. The molecule has 1 aromatic carbocycles. The number of hydrogen-bond acceptors (Lipinski definition) is 6. The predicted octanol–water partition coefficient (Wildman–Crippen LogP) is 2.89. The first-order valence-corrected chi connectivity index (χ1v) is 7.83. The molecule has 0 radical (unpaired) electrons. The van der Waals surface area contributed by atoms with Gasteiger partial charge in [-0.3, -0.25) is 4.79 Å². The zero-order valence-electron chi connectivity index (χ0n) is 12.8. The third-order valence-electron chi connectivity index (χ3n) is 3.11. The van der Waals surface area contributed by atoms with Crippen LogP contribution in [0.1, 0.15) is 5.82 Å². The first kappa shape index (κ1) is 18.2. The SMILES string of the molecule is Cn1c(SCC(=O)Nc2ccc3c(c2)OC(F)(F)O3)nnc1C(F)(F)F. The molecular weight excluding hydrogens is 387 g/mol. The molecule has 0 saturated heterocycles. The lowest BCUT2D eigenvalue weighted by Crippen LogP contribution is -2.25. The number of fused-ring (bicyclic) bond motifs is 1. The Balaban J connectivity index is 1.60. The van der Waals surface area contributed by atoms with E-state index in [2.05, 4.69) is 25.0 Å². The van der Waals surface area contributed by atoms with Gasteiger partial charge < -0.3 is 19.4 Å². The van der Waals surface area contributed by atoms with Gasteiger partial charge in [0.15, 0.2) is 16.7 Å². The van der Waals surface area contributed by atoms with Gasteiger partial charge in [-0.15, -0.1) is 19.0 Å². The summed E-state index contributed by atoms with van der Waals surface area (Å²) >= 11 is 0.738. The van der Waals surface area contributed by atoms with Crippen LogP contribution in [0.25, 0.3) is 0 Å². The van der Waals surface area contributed by atoms with E-state index in [1.165, 1.54) is 12.1 Å². The second-order valence-corrected chi connectivity index (χ2v) is 5.97. The van der Waals surface area contributed by atoms with Crippen LogP contribution >= 0.6 is 11.8 Å². The minimum absolute atomic E-state index is 0.0993. The molecule has 0 saturated carbocycles. The van der Waals surface area contributed by atoms with Gasteiger partial charge in [0.25, 0.3) is 0 Å². The van der Waals surface area contributed by atoms with Gasteiger partial charge in [-0.25, -0.2) is 0 Å². The van der Waals surface area contributed by atoms with Crippen molar-refractivity contribution in [2.75, 3.05) is 11.1 Å². The summed E-state index contributed by atoms with van der Waals surface area (Å²) in [6.45, 7) is 0. The molecule has 0 aliphatic carbocycles. The summed E-state index contributed by atoms with van der Waals surface area (Å²) in [4.78, 5) is 11.9. The Morgan fingerprint density at radius 2 is 1.96 bits per heavy atom. The van der Waals surface area contributed by atoms with E-state index in [1.807, 2.05) is 0 Å². The Bertz CT molecular complexity index is 855. The van der Waals surface area contributed by atoms with Crippen molar-refractivity contribution in [1.82, 2.24) is 14.8 Å². The first-order chi connectivity index (χ1) is 12.0. The predicted molar refractivity (Wildman–Crippen MR) is 78.0 cm³/mol. The lowest BCUT2D eigenvalue weighted by molar-refractivity contribution is -0.286. The van der Waals surface area contributed by atoms with E-state index in [9.17, 15) is 26.7 Å². The van der Waals surface area contributed by atoms with Gasteiger partial charge in [-0.1, -0.05) is 11.8 Å². The maximum absolute atomic E-state index is 12.9. The van der Waals surface area contributed by atoms with Gasteiger partial charge in [-0.2, -0.15) is 13.2 Å². The highest BCUT2D eigenvalue weighted by Crippen LogP contribution is 2.42. The second kappa shape index (κ2) is 6.30. The Morgan fingerprint density at radius 1 is 1.27 bits per heavy atom. The Hall–Kier alpha value is -2.57. The maximum Gasteiger partial charge on any atom is 0.586 e. The second-order valence-electron chi connectivity index (χ2n) is 5.03. The summed E-state index contributed by atoms with van der Waals surface area (Å²) in [5, 5.41) is 8.72. The van der Waals surface area contributed by atoms with Crippen molar-refractivity contribution in [2.24, 2.45) is 7.05 Å². The number of amides is 1. The van der Waals surface area contributed by atoms with Gasteiger partial charge in [0.2, 0.25) is 11.7 Å². The van der Waals surface area contributed by atoms with Gasteiger partial charge in [-0.05, 0) is 12.1 Å². The van der Waals surface area contributed by atoms with Crippen LogP contribution in [0.15, 0.2) is 23.4 Å². The van der Waals surface area contributed by atoms with Gasteiger partial charge in [0.05, 0.1) is 5.75 Å².